The van der Waals surface area contributed by atoms with Crippen LogP contribution in [0.3, 0.4) is 0 Å². The van der Waals surface area contributed by atoms with Crippen molar-refractivity contribution in [2.24, 2.45) is 11.8 Å². The first-order chi connectivity index (χ1) is 16.5. The van der Waals surface area contributed by atoms with E-state index in [-0.39, 0.29) is 42.0 Å². The number of urea groups is 1. The number of imide groups is 1. The van der Waals surface area contributed by atoms with Gasteiger partial charge in [0, 0.05) is 19.0 Å². The number of carbonyl (C=O) groups excluding carboxylic acids is 3. The third-order valence-corrected chi connectivity index (χ3v) is 8.18. The molecule has 0 spiro atoms. The van der Waals surface area contributed by atoms with Gasteiger partial charge in [0.2, 0.25) is 5.91 Å². The molecule has 1 aromatic carbocycles. The molecule has 5 rings (SSSR count). The Morgan fingerprint density at radius 2 is 1.91 bits per heavy atom. The van der Waals surface area contributed by atoms with Crippen LogP contribution in [0.2, 0.25) is 0 Å². The Labute approximate surface area is 202 Å². The van der Waals surface area contributed by atoms with Crippen LogP contribution in [0, 0.1) is 17.7 Å². The number of rotatable bonds is 5. The van der Waals surface area contributed by atoms with E-state index in [1.54, 1.807) is 16.7 Å². The first-order valence-corrected chi connectivity index (χ1v) is 12.9. The van der Waals surface area contributed by atoms with E-state index in [2.05, 4.69) is 0 Å². The molecule has 1 aliphatic carbocycles. The fraction of sp³-hybridized carbons (Fsp3) is 0.520. The number of nitrogens with zero attached hydrogens (tertiary/aromatic N) is 3. The molecule has 0 radical (unpaired) electrons. The summed E-state index contributed by atoms with van der Waals surface area (Å²) in [5, 5.41) is 1.40. The van der Waals surface area contributed by atoms with E-state index in [4.69, 9.17) is 4.74 Å². The Hall–Kier alpha value is -2.52. The molecule has 1 aromatic rings. The minimum Gasteiger partial charge on any atom is -0.378 e. The fourth-order valence-electron chi connectivity index (χ4n) is 5.29. The Morgan fingerprint density at radius 1 is 1.15 bits per heavy atom. The van der Waals surface area contributed by atoms with Crippen LogP contribution in [0.4, 0.5) is 9.18 Å². The second-order valence-corrected chi connectivity index (χ2v) is 10.4. The highest BCUT2D eigenvalue weighted by Gasteiger charge is 2.49. The van der Waals surface area contributed by atoms with E-state index in [1.165, 1.54) is 28.8 Å². The summed E-state index contributed by atoms with van der Waals surface area (Å²) >= 11 is 1.40. The summed E-state index contributed by atoms with van der Waals surface area (Å²) in [7, 11) is 0. The van der Waals surface area contributed by atoms with Crippen molar-refractivity contribution >= 4 is 35.3 Å². The first kappa shape index (κ1) is 23.2. The normalized spacial score (nSPS) is 27.4. The lowest BCUT2D eigenvalue weighted by Gasteiger charge is -2.34. The van der Waals surface area contributed by atoms with Gasteiger partial charge in [0.05, 0.1) is 13.2 Å². The summed E-state index contributed by atoms with van der Waals surface area (Å²) in [4.78, 5) is 42.7. The van der Waals surface area contributed by atoms with Crippen molar-refractivity contribution in [3.05, 3.63) is 47.1 Å². The van der Waals surface area contributed by atoms with E-state index in [1.807, 2.05) is 16.4 Å². The average molecular weight is 487 g/mol. The fourth-order valence-corrected chi connectivity index (χ4v) is 6.25. The van der Waals surface area contributed by atoms with Gasteiger partial charge in [0.25, 0.3) is 0 Å². The molecule has 3 aliphatic heterocycles. The number of thioether (sulfide) groups is 1. The zero-order chi connectivity index (χ0) is 23.7. The lowest BCUT2D eigenvalue weighted by molar-refractivity contribution is -0.454. The molecule has 2 fully saturated rings. The van der Waals surface area contributed by atoms with E-state index in [0.717, 1.165) is 25.7 Å². The van der Waals surface area contributed by atoms with Crippen molar-refractivity contribution in [2.75, 3.05) is 32.8 Å². The van der Waals surface area contributed by atoms with Gasteiger partial charge in [-0.2, -0.15) is 14.3 Å². The minimum atomic E-state index is -0.439. The standard InChI is InChI=1S/C25H29FN3O4S/c26-20-3-1-2-18(14-20)16-28-21-8-13-34-22(21)24(31)29(25(28)32)15-17-4-6-19(7-5-17)23(30)27-9-11-33-12-10-27/h1-3,8,13-14,17,19,22H,4-7,9-12,15-16H2/q+1. The minimum absolute atomic E-state index is 0.0149. The summed E-state index contributed by atoms with van der Waals surface area (Å²) in [6.45, 7) is 3.09. The van der Waals surface area contributed by atoms with Gasteiger partial charge in [0.15, 0.2) is 5.25 Å². The van der Waals surface area contributed by atoms with Crippen LogP contribution in [0.15, 0.2) is 35.7 Å². The Bertz CT molecular complexity index is 1040. The lowest BCUT2D eigenvalue weighted by atomic mass is 9.81. The molecule has 1 saturated heterocycles. The predicted octanol–water partition coefficient (Wildman–Crippen LogP) is 3.04. The number of halogens is 1. The average Bonchev–Trinajstić information content (AvgIpc) is 3.35. The van der Waals surface area contributed by atoms with Gasteiger partial charge < -0.3 is 9.64 Å². The van der Waals surface area contributed by atoms with Crippen LogP contribution >= 0.6 is 11.8 Å². The van der Waals surface area contributed by atoms with E-state index in [0.29, 0.717) is 44.1 Å². The molecule has 0 aromatic heterocycles. The van der Waals surface area contributed by atoms with Crippen molar-refractivity contribution in [1.29, 1.82) is 0 Å². The number of morpholine rings is 1. The number of hydrogen-bond acceptors (Lipinski definition) is 5. The number of hydrogen-bond donors (Lipinski definition) is 0. The summed E-state index contributed by atoms with van der Waals surface area (Å²) < 4.78 is 20.7. The molecule has 0 bridgehead atoms. The SMILES string of the molecule is O=C(C1CCC(CN2C(=O)C3SC=CC3=[N+](Cc3cccc(F)c3)C2=O)CC1)N1CCOCC1. The monoisotopic (exact) mass is 486 g/mol. The zero-order valence-corrected chi connectivity index (χ0v) is 19.8. The van der Waals surface area contributed by atoms with Crippen molar-refractivity contribution in [1.82, 2.24) is 9.80 Å². The first-order valence-electron chi connectivity index (χ1n) is 11.9. The van der Waals surface area contributed by atoms with Crippen LogP contribution < -0.4 is 0 Å². The maximum Gasteiger partial charge on any atom is 0.501 e. The van der Waals surface area contributed by atoms with Gasteiger partial charge in [-0.1, -0.05) is 12.1 Å². The molecular weight excluding hydrogens is 457 g/mol. The van der Waals surface area contributed by atoms with E-state index in [9.17, 15) is 18.8 Å². The number of carbonyl (C=O) groups is 3. The van der Waals surface area contributed by atoms with Gasteiger partial charge in [-0.05, 0) is 60.8 Å². The second-order valence-electron chi connectivity index (χ2n) is 9.35. The van der Waals surface area contributed by atoms with Gasteiger partial charge in [-0.3, -0.25) is 4.79 Å². The molecule has 1 saturated carbocycles. The lowest BCUT2D eigenvalue weighted by Crippen LogP contribution is -2.56. The van der Waals surface area contributed by atoms with Crippen molar-refractivity contribution in [3.8, 4) is 0 Å². The summed E-state index contributed by atoms with van der Waals surface area (Å²) in [5.41, 5.74) is 1.35. The molecule has 4 amide bonds. The maximum atomic E-state index is 13.7. The van der Waals surface area contributed by atoms with E-state index >= 15 is 0 Å². The van der Waals surface area contributed by atoms with Crippen LogP contribution in [-0.4, -0.2) is 76.0 Å². The maximum absolute atomic E-state index is 13.7. The molecule has 0 N–H and O–H groups in total. The third-order valence-electron chi connectivity index (χ3n) is 7.18. The second kappa shape index (κ2) is 10.00. The summed E-state index contributed by atoms with van der Waals surface area (Å²) in [6, 6.07) is 5.85. The van der Waals surface area contributed by atoms with Gasteiger partial charge in [-0.25, -0.2) is 9.18 Å². The predicted molar refractivity (Wildman–Crippen MR) is 126 cm³/mol. The number of benzene rings is 1. The van der Waals surface area contributed by atoms with Gasteiger partial charge in [-0.15, -0.1) is 11.8 Å². The van der Waals surface area contributed by atoms with Crippen molar-refractivity contribution in [2.45, 2.75) is 37.5 Å². The van der Waals surface area contributed by atoms with Crippen LogP contribution in [-0.2, 0) is 20.9 Å². The molecule has 7 nitrogen and oxygen atoms in total. The molecule has 4 aliphatic rings. The molecule has 9 heteroatoms. The van der Waals surface area contributed by atoms with Crippen LogP contribution in [0.1, 0.15) is 31.2 Å². The Kier molecular flexibility index (Phi) is 6.83. The van der Waals surface area contributed by atoms with Crippen molar-refractivity contribution in [3.63, 3.8) is 0 Å². The van der Waals surface area contributed by atoms with Gasteiger partial charge in [0.1, 0.15) is 24.6 Å². The van der Waals surface area contributed by atoms with Crippen LogP contribution in [0.5, 0.6) is 0 Å². The summed E-state index contributed by atoms with van der Waals surface area (Å²) in [5.74, 6) is -0.131. The highest BCUT2D eigenvalue weighted by atomic mass is 32.2. The number of fused-ring (bicyclic) bond motifs is 1. The Morgan fingerprint density at radius 3 is 2.65 bits per heavy atom. The molecule has 180 valence electrons. The smallest absolute Gasteiger partial charge is 0.378 e. The van der Waals surface area contributed by atoms with E-state index < -0.39 is 5.25 Å². The van der Waals surface area contributed by atoms with Crippen molar-refractivity contribution < 1.29 is 28.1 Å². The Balaban J connectivity index is 1.25. The largest absolute Gasteiger partial charge is 0.501 e. The number of allylic oxidation sites excluding steroid dienone is 1. The number of amides is 4. The van der Waals surface area contributed by atoms with Gasteiger partial charge >= 0.3 is 11.9 Å². The molecule has 1 atom stereocenters. The molecule has 1 unspecified atom stereocenters. The zero-order valence-electron chi connectivity index (χ0n) is 19.0. The van der Waals surface area contributed by atoms with Crippen LogP contribution in [0.25, 0.3) is 0 Å². The number of ether oxygens (including phenoxy) is 1. The molecule has 34 heavy (non-hydrogen) atoms. The molecular formula is C25H29FN3O4S+. The molecule has 3 heterocycles. The topological polar surface area (TPSA) is 69.9 Å². The highest BCUT2D eigenvalue weighted by Crippen LogP contribution is 2.33. The summed E-state index contributed by atoms with van der Waals surface area (Å²) in [6.07, 6.45) is 5.00. The quantitative estimate of drug-likeness (QED) is 0.599. The third kappa shape index (κ3) is 4.68. The highest BCUT2D eigenvalue weighted by molar-refractivity contribution is 8.04.